The van der Waals surface area contributed by atoms with Gasteiger partial charge in [0.05, 0.1) is 25.8 Å². The SMILES string of the molecule is CCC(C)C(NC(=O)C(Cc1cnc[nH]1)NC(=O)CNC(=O)C(NC(=O)C(C)NC(=O)C(Cc1c[nH]c2ccccc12)NC(=O)C(CCC(N)=O)NC(=O)C(CC(N)=O)NC(=O)CNC(=O)C(Cc1ccc(O)cc1)NC(=O)C(CCCNC(=N)N)NC(=O)C(CCC(N)=O)NC(=O)C1CCC(=O)N1)C(C)C)C(=O)NC(CCSC)C(N)=O. The molecule has 18 amide bonds. The molecule has 1 saturated heterocycles. The molecule has 13 unspecified atom stereocenters. The van der Waals surface area contributed by atoms with E-state index in [1.807, 2.05) is 6.26 Å². The van der Waals surface area contributed by atoms with E-state index in [0.29, 0.717) is 39.9 Å². The van der Waals surface area contributed by atoms with Gasteiger partial charge >= 0.3 is 0 Å². The van der Waals surface area contributed by atoms with Gasteiger partial charge in [-0.15, -0.1) is 0 Å². The molecule has 644 valence electrons. The molecule has 44 heteroatoms. The topological polar surface area (TPSA) is 706 Å². The van der Waals surface area contributed by atoms with E-state index in [1.165, 1.54) is 55.5 Å². The molecule has 0 saturated carbocycles. The van der Waals surface area contributed by atoms with Gasteiger partial charge in [-0.3, -0.25) is 91.7 Å². The number of benzene rings is 2. The van der Waals surface area contributed by atoms with Gasteiger partial charge in [-0.05, 0) is 98.6 Å². The Kier molecular flexibility index (Phi) is 38.8. The highest BCUT2D eigenvalue weighted by atomic mass is 32.2. The normalized spacial score (nSPS) is 15.3. The largest absolute Gasteiger partial charge is 0.508 e. The number of guanidine groups is 1. The van der Waals surface area contributed by atoms with Crippen molar-refractivity contribution in [3.8, 4) is 5.75 Å². The Morgan fingerprint density at radius 1 is 0.551 bits per heavy atom. The minimum atomic E-state index is -1.94. The maximum Gasteiger partial charge on any atom is 0.243 e. The number of para-hydroxylation sites is 1. The third kappa shape index (κ3) is 32.4. The fourth-order valence-electron chi connectivity index (χ4n) is 12.1. The number of aromatic nitrogens is 3. The number of nitrogens with one attached hydrogen (secondary N) is 18. The van der Waals surface area contributed by atoms with Crippen molar-refractivity contribution in [2.75, 3.05) is 31.6 Å². The Labute approximate surface area is 682 Å². The lowest BCUT2D eigenvalue weighted by Crippen LogP contribution is -2.60. The van der Waals surface area contributed by atoms with E-state index in [1.54, 1.807) is 58.2 Å². The zero-order valence-electron chi connectivity index (χ0n) is 66.2. The van der Waals surface area contributed by atoms with Gasteiger partial charge < -0.3 is 123 Å². The van der Waals surface area contributed by atoms with Crippen molar-refractivity contribution in [3.63, 3.8) is 0 Å². The van der Waals surface area contributed by atoms with Crippen LogP contribution in [0, 0.1) is 17.2 Å². The lowest BCUT2D eigenvalue weighted by Gasteiger charge is -2.28. The van der Waals surface area contributed by atoms with Gasteiger partial charge in [0.25, 0.3) is 0 Å². The first kappa shape index (κ1) is 95.7. The number of aromatic amines is 2. The highest BCUT2D eigenvalue weighted by Gasteiger charge is 2.38. The van der Waals surface area contributed by atoms with Gasteiger partial charge in [-0.1, -0.05) is 64.4 Å². The number of carbonyl (C=O) groups excluding carboxylic acids is 18. The molecule has 0 spiro atoms. The molecule has 4 aromatic rings. The first-order valence-corrected chi connectivity index (χ1v) is 39.4. The molecular formula is C74H108N24O19S. The van der Waals surface area contributed by atoms with Crippen LogP contribution in [0.2, 0.25) is 0 Å². The number of H-pyrrole nitrogens is 2. The highest BCUT2D eigenvalue weighted by Crippen LogP contribution is 2.21. The molecule has 1 aliphatic heterocycles. The summed E-state index contributed by atoms with van der Waals surface area (Å²) in [6.07, 6.45) is 3.02. The van der Waals surface area contributed by atoms with Gasteiger partial charge in [0.15, 0.2) is 5.96 Å². The van der Waals surface area contributed by atoms with Gasteiger partial charge in [0, 0.05) is 74.1 Å². The van der Waals surface area contributed by atoms with Crippen molar-refractivity contribution in [2.45, 2.75) is 197 Å². The number of phenolic OH excluding ortho intramolecular Hbond substituents is 1. The van der Waals surface area contributed by atoms with Crippen molar-refractivity contribution in [2.24, 2.45) is 40.5 Å². The number of carbonyl (C=O) groups is 18. The number of hydrogen-bond donors (Lipinski definition) is 24. The van der Waals surface area contributed by atoms with Crippen molar-refractivity contribution >= 4 is 135 Å². The summed E-state index contributed by atoms with van der Waals surface area (Å²) < 4.78 is 0. The van der Waals surface area contributed by atoms with Gasteiger partial charge in [-0.25, -0.2) is 4.98 Å². The van der Waals surface area contributed by atoms with Crippen LogP contribution in [0.5, 0.6) is 5.75 Å². The molecule has 43 nitrogen and oxygen atoms in total. The quantitative estimate of drug-likeness (QED) is 0.0111. The van der Waals surface area contributed by atoms with E-state index in [9.17, 15) is 91.4 Å². The number of nitrogens with two attached hydrogens (primary N) is 5. The number of phenols is 1. The van der Waals surface area contributed by atoms with Crippen LogP contribution in [0.15, 0.2) is 67.3 Å². The maximum absolute atomic E-state index is 14.6. The van der Waals surface area contributed by atoms with E-state index in [0.717, 1.165) is 0 Å². The molecule has 1 fully saturated rings. The lowest BCUT2D eigenvalue weighted by molar-refractivity contribution is -0.136. The van der Waals surface area contributed by atoms with E-state index in [-0.39, 0.29) is 70.1 Å². The summed E-state index contributed by atoms with van der Waals surface area (Å²) in [5, 5.41) is 55.7. The summed E-state index contributed by atoms with van der Waals surface area (Å²) in [6.45, 7) is 6.15. The number of amides is 18. The fourth-order valence-corrected chi connectivity index (χ4v) is 12.6. The Hall–Kier alpha value is -12.9. The average Bonchev–Trinajstić information content (AvgIpc) is 1.68. The van der Waals surface area contributed by atoms with Crippen LogP contribution >= 0.6 is 11.8 Å². The third-order valence-corrected chi connectivity index (χ3v) is 19.5. The molecule has 2 aromatic heterocycles. The minimum absolute atomic E-state index is 0.00203. The number of imidazole rings is 1. The van der Waals surface area contributed by atoms with Crippen LogP contribution in [0.1, 0.15) is 122 Å². The van der Waals surface area contributed by atoms with Crippen LogP contribution in [0.25, 0.3) is 10.9 Å². The second kappa shape index (κ2) is 47.8. The van der Waals surface area contributed by atoms with Crippen LogP contribution in [-0.2, 0) is 106 Å². The first-order valence-electron chi connectivity index (χ1n) is 38.0. The zero-order valence-corrected chi connectivity index (χ0v) is 67.0. The maximum atomic E-state index is 14.6. The van der Waals surface area contributed by atoms with Crippen molar-refractivity contribution < 1.29 is 91.4 Å². The number of thioether (sulfide) groups is 1. The second-order valence-corrected chi connectivity index (χ2v) is 29.6. The van der Waals surface area contributed by atoms with Gasteiger partial charge in [-0.2, -0.15) is 11.8 Å². The standard InChI is InChI=1S/C74H108N24O19S/c1-7-37(4)61(73(117)91-45(62(78)106)24-26-118-6)98-71(115)52(29-41-32-81-35-86-41)89-59(105)34-85-72(116)60(36(2)3)97-63(107)38(5)87-69(113)51(28-40-31-83-44-12-9-8-11-43(40)44)96-68(112)49(19-22-55(76)101)94-70(114)53(30-56(77)102)90-58(104)33-84-64(108)50(27-39-14-16-42(99)17-15-39)95-65(109)46(13-10-25-82-74(79)80)92-67(111)48(18-21-54(75)100)93-66(110)47-20-23-57(103)88-47/h8-9,11-12,14-17,31-32,35-38,45-53,60-61,83,99H,7,10,13,18-30,33-34H2,1-6H3,(H2,75,100)(H2,76,101)(H2,77,102)(H2,78,106)(H,81,86)(H,84,108)(H,85,116)(H,87,113)(H,88,103)(H,89,105)(H,90,104)(H,91,117)(H,92,111)(H,93,110)(H,94,114)(H,95,109)(H,96,112)(H,97,107)(H,98,115)(H4,79,80,82). The summed E-state index contributed by atoms with van der Waals surface area (Å²) in [5.74, 6) is -18.0. The Morgan fingerprint density at radius 3 is 1.64 bits per heavy atom. The van der Waals surface area contributed by atoms with Crippen LogP contribution in [0.3, 0.4) is 0 Å². The number of primary amides is 4. The van der Waals surface area contributed by atoms with Gasteiger partial charge in [0.1, 0.15) is 78.3 Å². The number of nitrogens with zero attached hydrogens (tertiary/aromatic N) is 1. The Morgan fingerprint density at radius 2 is 1.08 bits per heavy atom. The molecule has 3 heterocycles. The highest BCUT2D eigenvalue weighted by molar-refractivity contribution is 7.98. The molecule has 2 aromatic carbocycles. The summed E-state index contributed by atoms with van der Waals surface area (Å²) in [6, 6.07) is -5.28. The van der Waals surface area contributed by atoms with Crippen molar-refractivity contribution in [1.29, 1.82) is 5.41 Å². The molecule has 0 radical (unpaired) electrons. The summed E-state index contributed by atoms with van der Waals surface area (Å²) in [5.41, 5.74) is 29.3. The summed E-state index contributed by atoms with van der Waals surface area (Å²) in [4.78, 5) is 253. The smallest absolute Gasteiger partial charge is 0.243 e. The predicted octanol–water partition coefficient (Wildman–Crippen LogP) is -6.90. The molecule has 0 aliphatic carbocycles. The van der Waals surface area contributed by atoms with E-state index < -0.39 is 235 Å². The molecule has 0 bridgehead atoms. The number of rotatable bonds is 51. The molecular weight excluding hydrogens is 1560 g/mol. The van der Waals surface area contributed by atoms with Gasteiger partial charge in [0.2, 0.25) is 106 Å². The van der Waals surface area contributed by atoms with E-state index in [2.05, 4.69) is 94.7 Å². The van der Waals surface area contributed by atoms with Crippen LogP contribution in [0.4, 0.5) is 0 Å². The van der Waals surface area contributed by atoms with E-state index in [4.69, 9.17) is 34.1 Å². The lowest BCUT2D eigenvalue weighted by atomic mass is 9.97. The van der Waals surface area contributed by atoms with Crippen LogP contribution in [-0.4, -0.2) is 236 Å². The number of hydrogen-bond acceptors (Lipinski definition) is 22. The molecule has 13 atom stereocenters. The molecule has 5 rings (SSSR count). The minimum Gasteiger partial charge on any atom is -0.508 e. The second-order valence-electron chi connectivity index (χ2n) is 28.6. The van der Waals surface area contributed by atoms with Crippen LogP contribution < -0.4 is 108 Å². The number of aromatic hydroxyl groups is 1. The Balaban J connectivity index is 1.31. The Bertz CT molecular complexity index is 4240. The van der Waals surface area contributed by atoms with E-state index >= 15 is 0 Å². The van der Waals surface area contributed by atoms with Crippen molar-refractivity contribution in [3.05, 3.63) is 84.1 Å². The molecule has 29 N–H and O–H groups in total. The molecule has 1 aliphatic rings. The number of fused-ring (bicyclic) bond motifs is 1. The third-order valence-electron chi connectivity index (χ3n) is 18.9. The average molecular weight is 1670 g/mol. The monoisotopic (exact) mass is 1670 g/mol. The predicted molar refractivity (Wildman–Crippen MR) is 427 cm³/mol. The molecule has 118 heavy (non-hydrogen) atoms. The first-order chi connectivity index (χ1) is 55.9. The zero-order chi connectivity index (χ0) is 87.5. The summed E-state index contributed by atoms with van der Waals surface area (Å²) >= 11 is 1.43. The fraction of sp³-hybridized carbons (Fsp3) is 0.514. The summed E-state index contributed by atoms with van der Waals surface area (Å²) in [7, 11) is 0. The van der Waals surface area contributed by atoms with Crippen molar-refractivity contribution in [1.82, 2.24) is 94.7 Å².